The highest BCUT2D eigenvalue weighted by molar-refractivity contribution is 5.94. The van der Waals surface area contributed by atoms with Gasteiger partial charge in [0.05, 0.1) is 6.61 Å². The topological polar surface area (TPSA) is 92.0 Å². The number of ether oxygens (including phenoxy) is 1. The fourth-order valence-corrected chi connectivity index (χ4v) is 6.35. The van der Waals surface area contributed by atoms with Gasteiger partial charge in [0.1, 0.15) is 11.6 Å². The molecule has 7 nitrogen and oxygen atoms in total. The molecule has 7 heteroatoms. The smallest absolute Gasteiger partial charge is 0.251 e. The number of nitrogens with one attached hydrogen (secondary N) is 2. The summed E-state index contributed by atoms with van der Waals surface area (Å²) < 4.78 is 6.03. The van der Waals surface area contributed by atoms with E-state index < -0.39 is 0 Å². The summed E-state index contributed by atoms with van der Waals surface area (Å²) in [5.74, 6) is 1.11. The van der Waals surface area contributed by atoms with Crippen molar-refractivity contribution in [1.29, 1.82) is 0 Å². The van der Waals surface area contributed by atoms with Crippen LogP contribution in [0.2, 0.25) is 0 Å². The van der Waals surface area contributed by atoms with Crippen LogP contribution in [0, 0.1) is 5.41 Å². The summed E-state index contributed by atoms with van der Waals surface area (Å²) in [7, 11) is 0. The van der Waals surface area contributed by atoms with Gasteiger partial charge in [0.25, 0.3) is 5.91 Å². The molecule has 0 unspecified atom stereocenters. The Morgan fingerprint density at radius 3 is 2.63 bits per heavy atom. The molecule has 1 aromatic rings. The first kappa shape index (κ1) is 32.1. The van der Waals surface area contributed by atoms with E-state index in [1.165, 1.54) is 18.4 Å². The van der Waals surface area contributed by atoms with Crippen molar-refractivity contribution in [3.63, 3.8) is 0 Å². The number of nitrogens with two attached hydrogens (primary N) is 1. The van der Waals surface area contributed by atoms with Crippen LogP contribution >= 0.6 is 0 Å². The third-order valence-corrected chi connectivity index (χ3v) is 8.98. The zero-order valence-corrected chi connectivity index (χ0v) is 26.3. The number of rotatable bonds is 12. The zero-order valence-electron chi connectivity index (χ0n) is 26.3. The predicted molar refractivity (Wildman–Crippen MR) is 177 cm³/mol. The van der Waals surface area contributed by atoms with Gasteiger partial charge in [-0.05, 0) is 101 Å². The number of nitrogens with zero attached hydrogens (tertiary/aromatic N) is 2. The minimum Gasteiger partial charge on any atom is -0.492 e. The van der Waals surface area contributed by atoms with Gasteiger partial charge in [0.15, 0.2) is 0 Å². The van der Waals surface area contributed by atoms with Crippen molar-refractivity contribution in [3.8, 4) is 0 Å². The Kier molecular flexibility index (Phi) is 10.9. The van der Waals surface area contributed by atoms with Gasteiger partial charge in [-0.1, -0.05) is 36.9 Å². The van der Waals surface area contributed by atoms with Crippen LogP contribution in [-0.4, -0.2) is 49.3 Å². The third-order valence-electron chi connectivity index (χ3n) is 8.98. The second-order valence-electron chi connectivity index (χ2n) is 12.4. The molecule has 1 saturated carbocycles. The first-order valence-corrected chi connectivity index (χ1v) is 15.4. The van der Waals surface area contributed by atoms with E-state index in [0.717, 1.165) is 79.1 Å². The number of amides is 1. The number of likely N-dealkylation sites (tertiary alicyclic amines) is 1. The standard InChI is InChI=1S/C36H49N5O2/c1-7-32(26(4)11-16-38-28(6)37)34-33(13-20-43-34)27(5)39-24-29-9-8-10-30(21-29)35(42)40-31-22-36(23-31)14-18-41(19-15-36)17-12-25(2)3/h7-11,16,21,31,39H,1-2,6,12-15,17-20,22-24,37H2,3-5H3,(H,40,42)/b26-11+,33-27+,34-32-,38-16-. The van der Waals surface area contributed by atoms with Gasteiger partial charge < -0.3 is 26.0 Å². The molecular weight excluding hydrogens is 534 g/mol. The predicted octanol–water partition coefficient (Wildman–Crippen LogP) is 6.30. The molecule has 1 spiro atoms. The van der Waals surface area contributed by atoms with Crippen LogP contribution in [0.4, 0.5) is 0 Å². The highest BCUT2D eigenvalue weighted by Gasteiger charge is 2.46. The first-order chi connectivity index (χ1) is 20.6. The number of carbonyl (C=O) groups is 1. The van der Waals surface area contributed by atoms with Gasteiger partial charge in [0, 0.05) is 54.2 Å². The normalized spacial score (nSPS) is 21.2. The van der Waals surface area contributed by atoms with E-state index in [0.29, 0.717) is 24.1 Å². The van der Waals surface area contributed by atoms with E-state index in [1.54, 1.807) is 6.21 Å². The number of hydrogen-bond donors (Lipinski definition) is 3. The summed E-state index contributed by atoms with van der Waals surface area (Å²) >= 11 is 0. The van der Waals surface area contributed by atoms with Crippen molar-refractivity contribution >= 4 is 12.1 Å². The van der Waals surface area contributed by atoms with E-state index in [9.17, 15) is 4.79 Å². The van der Waals surface area contributed by atoms with Gasteiger partial charge in [-0.25, -0.2) is 4.99 Å². The third kappa shape index (κ3) is 8.60. The lowest BCUT2D eigenvalue weighted by molar-refractivity contribution is 0.00731. The van der Waals surface area contributed by atoms with Crippen LogP contribution in [0.15, 0.2) is 101 Å². The van der Waals surface area contributed by atoms with Crippen molar-refractivity contribution in [2.75, 3.05) is 26.2 Å². The fraction of sp³-hybridized carbons (Fsp3) is 0.444. The van der Waals surface area contributed by atoms with Crippen LogP contribution in [0.1, 0.15) is 75.2 Å². The van der Waals surface area contributed by atoms with Gasteiger partial charge >= 0.3 is 0 Å². The Hall–Kier alpha value is -3.84. The van der Waals surface area contributed by atoms with Crippen LogP contribution < -0.4 is 16.4 Å². The lowest BCUT2D eigenvalue weighted by Gasteiger charge is -2.52. The largest absolute Gasteiger partial charge is 0.492 e. The minimum atomic E-state index is 0.0183. The number of piperidine rings is 1. The maximum atomic E-state index is 13.1. The van der Waals surface area contributed by atoms with Crippen LogP contribution in [0.5, 0.6) is 0 Å². The van der Waals surface area contributed by atoms with Crippen molar-refractivity contribution in [1.82, 2.24) is 15.5 Å². The average Bonchev–Trinajstić information content (AvgIpc) is 3.44. The molecule has 0 bridgehead atoms. The molecule has 2 saturated heterocycles. The van der Waals surface area contributed by atoms with Crippen LogP contribution in [0.25, 0.3) is 0 Å². The summed E-state index contributed by atoms with van der Waals surface area (Å²) in [5.41, 5.74) is 13.0. The summed E-state index contributed by atoms with van der Waals surface area (Å²) in [6.45, 7) is 22.5. The SMILES string of the molecule is C=CC(=C1/OCC/C1=C(/C)NCc1cccc(C(=O)NC2CC3(CCN(CCC(=C)C)CC3)C2)c1)/C(C)=C/C=N\C(=C)N. The number of benzene rings is 1. The first-order valence-electron chi connectivity index (χ1n) is 15.4. The summed E-state index contributed by atoms with van der Waals surface area (Å²) in [4.78, 5) is 19.7. The number of hydrogen-bond acceptors (Lipinski definition) is 6. The van der Waals surface area contributed by atoms with Crippen molar-refractivity contribution in [3.05, 3.63) is 107 Å². The second-order valence-corrected chi connectivity index (χ2v) is 12.4. The molecule has 0 atom stereocenters. The van der Waals surface area contributed by atoms with Gasteiger partial charge in [0.2, 0.25) is 0 Å². The Bertz CT molecular complexity index is 1350. The highest BCUT2D eigenvalue weighted by Crippen LogP contribution is 2.49. The second kappa shape index (κ2) is 14.6. The summed E-state index contributed by atoms with van der Waals surface area (Å²) in [5, 5.41) is 6.85. The van der Waals surface area contributed by atoms with Crippen LogP contribution in [0.3, 0.4) is 0 Å². The quantitative estimate of drug-likeness (QED) is 0.198. The number of allylic oxidation sites excluding steroid dienone is 6. The van der Waals surface area contributed by atoms with E-state index in [4.69, 9.17) is 10.5 Å². The van der Waals surface area contributed by atoms with Gasteiger partial charge in [-0.3, -0.25) is 4.79 Å². The summed E-state index contributed by atoms with van der Waals surface area (Å²) in [6, 6.07) is 8.18. The molecule has 230 valence electrons. The van der Waals surface area contributed by atoms with Crippen molar-refractivity contribution in [2.45, 2.75) is 71.9 Å². The maximum absolute atomic E-state index is 13.1. The lowest BCUT2D eigenvalue weighted by atomic mass is 9.60. The molecule has 1 aliphatic carbocycles. The molecule has 1 amide bonds. The maximum Gasteiger partial charge on any atom is 0.251 e. The van der Waals surface area contributed by atoms with E-state index >= 15 is 0 Å². The van der Waals surface area contributed by atoms with Gasteiger partial charge in [-0.2, -0.15) is 0 Å². The monoisotopic (exact) mass is 583 g/mol. The fourth-order valence-electron chi connectivity index (χ4n) is 6.35. The van der Waals surface area contributed by atoms with Crippen LogP contribution in [-0.2, 0) is 11.3 Å². The number of aliphatic imine (C=N–C) groups is 1. The minimum absolute atomic E-state index is 0.0183. The molecule has 2 heterocycles. The van der Waals surface area contributed by atoms with E-state index in [1.807, 2.05) is 37.3 Å². The molecule has 3 aliphatic rings. The number of carbonyl (C=O) groups excluding carboxylic acids is 1. The molecule has 4 rings (SSSR count). The molecule has 3 fully saturated rings. The molecule has 43 heavy (non-hydrogen) atoms. The van der Waals surface area contributed by atoms with E-state index in [-0.39, 0.29) is 17.8 Å². The Labute approximate surface area is 258 Å². The Morgan fingerprint density at radius 2 is 1.95 bits per heavy atom. The van der Waals surface area contributed by atoms with Crippen molar-refractivity contribution < 1.29 is 9.53 Å². The average molecular weight is 584 g/mol. The molecule has 1 aromatic carbocycles. The van der Waals surface area contributed by atoms with Gasteiger partial charge in [-0.15, -0.1) is 6.58 Å². The van der Waals surface area contributed by atoms with E-state index in [2.05, 4.69) is 60.2 Å². The highest BCUT2D eigenvalue weighted by atomic mass is 16.5. The van der Waals surface area contributed by atoms with Crippen molar-refractivity contribution in [2.24, 2.45) is 16.1 Å². The molecule has 0 radical (unpaired) electrons. The molecule has 2 aliphatic heterocycles. The zero-order chi connectivity index (χ0) is 31.0. The Morgan fingerprint density at radius 1 is 1.21 bits per heavy atom. The molecule has 0 aromatic heterocycles. The summed E-state index contributed by atoms with van der Waals surface area (Å²) in [6.07, 6.45) is 11.9. The lowest BCUT2D eigenvalue weighted by Crippen LogP contribution is -2.55. The Balaban J connectivity index is 1.32. The molecular formula is C36H49N5O2. The molecule has 4 N–H and O–H groups in total.